The Kier molecular flexibility index (Phi) is 3.27. The van der Waals surface area contributed by atoms with Gasteiger partial charge in [0.2, 0.25) is 5.95 Å². The molecule has 2 heterocycles. The Morgan fingerprint density at radius 3 is 2.94 bits per heavy atom. The van der Waals surface area contributed by atoms with E-state index in [1.165, 1.54) is 12.8 Å². The van der Waals surface area contributed by atoms with Crippen LogP contribution in [0.2, 0.25) is 0 Å². The van der Waals surface area contributed by atoms with Crippen LogP contribution in [0.25, 0.3) is 0 Å². The first kappa shape index (κ1) is 11.2. The first-order valence-corrected chi connectivity index (χ1v) is 5.97. The molecular weight excluding hydrogens is 200 g/mol. The Morgan fingerprint density at radius 1 is 1.44 bits per heavy atom. The second-order valence-electron chi connectivity index (χ2n) is 4.64. The van der Waals surface area contributed by atoms with Crippen molar-refractivity contribution in [3.05, 3.63) is 11.8 Å². The van der Waals surface area contributed by atoms with Crippen LogP contribution in [0.5, 0.6) is 0 Å². The Balaban J connectivity index is 2.21. The van der Waals surface area contributed by atoms with Crippen molar-refractivity contribution >= 4 is 11.8 Å². The number of rotatable bonds is 2. The fraction of sp³-hybridized carbons (Fsp3) is 0.667. The van der Waals surface area contributed by atoms with E-state index in [9.17, 15) is 0 Å². The van der Waals surface area contributed by atoms with Crippen molar-refractivity contribution in [1.29, 1.82) is 0 Å². The summed E-state index contributed by atoms with van der Waals surface area (Å²) < 4.78 is 0. The minimum absolute atomic E-state index is 0.746. The van der Waals surface area contributed by atoms with Crippen molar-refractivity contribution in [2.75, 3.05) is 30.4 Å². The summed E-state index contributed by atoms with van der Waals surface area (Å²) >= 11 is 0. The fourth-order valence-electron chi connectivity index (χ4n) is 2.19. The predicted octanol–water partition coefficient (Wildman–Crippen LogP) is 2.06. The molecule has 88 valence electrons. The van der Waals surface area contributed by atoms with Crippen LogP contribution in [-0.4, -0.2) is 30.1 Å². The molecule has 0 amide bonds. The zero-order chi connectivity index (χ0) is 11.5. The van der Waals surface area contributed by atoms with Gasteiger partial charge >= 0.3 is 0 Å². The predicted molar refractivity (Wildman–Crippen MR) is 66.9 cm³/mol. The van der Waals surface area contributed by atoms with E-state index < -0.39 is 0 Å². The number of hydrogen-bond donors (Lipinski definition) is 1. The lowest BCUT2D eigenvalue weighted by Crippen LogP contribution is -2.35. The molecule has 16 heavy (non-hydrogen) atoms. The van der Waals surface area contributed by atoms with Gasteiger partial charge in [0.1, 0.15) is 5.82 Å². The average molecular weight is 220 g/mol. The monoisotopic (exact) mass is 220 g/mol. The Bertz CT molecular complexity index is 364. The fourth-order valence-corrected chi connectivity index (χ4v) is 2.19. The van der Waals surface area contributed by atoms with Crippen molar-refractivity contribution in [3.8, 4) is 0 Å². The summed E-state index contributed by atoms with van der Waals surface area (Å²) in [6.45, 7) is 6.46. The van der Waals surface area contributed by atoms with E-state index in [4.69, 9.17) is 0 Å². The van der Waals surface area contributed by atoms with Crippen LogP contribution in [0.4, 0.5) is 11.8 Å². The maximum absolute atomic E-state index is 4.51. The Morgan fingerprint density at radius 2 is 2.25 bits per heavy atom. The first-order chi connectivity index (χ1) is 7.69. The van der Waals surface area contributed by atoms with E-state index in [0.29, 0.717) is 0 Å². The van der Waals surface area contributed by atoms with E-state index in [1.54, 1.807) is 0 Å². The molecule has 0 aliphatic carbocycles. The van der Waals surface area contributed by atoms with Crippen LogP contribution in [0.3, 0.4) is 0 Å². The Labute approximate surface area is 97.1 Å². The van der Waals surface area contributed by atoms with Crippen LogP contribution in [0.15, 0.2) is 6.07 Å². The molecule has 4 nitrogen and oxygen atoms in total. The summed E-state index contributed by atoms with van der Waals surface area (Å²) in [7, 11) is 1.89. The molecule has 1 N–H and O–H groups in total. The molecule has 1 aromatic rings. The molecule has 1 atom stereocenters. The first-order valence-electron chi connectivity index (χ1n) is 5.97. The highest BCUT2D eigenvalue weighted by atomic mass is 15.3. The van der Waals surface area contributed by atoms with Gasteiger partial charge in [0.15, 0.2) is 0 Å². The number of nitrogens with one attached hydrogen (secondary N) is 1. The summed E-state index contributed by atoms with van der Waals surface area (Å²) in [5, 5.41) is 3.08. The van der Waals surface area contributed by atoms with Gasteiger partial charge in [-0.25, -0.2) is 4.98 Å². The largest absolute Gasteiger partial charge is 0.373 e. The highest BCUT2D eigenvalue weighted by Gasteiger charge is 2.18. The number of anilines is 2. The number of hydrogen-bond acceptors (Lipinski definition) is 4. The van der Waals surface area contributed by atoms with E-state index >= 15 is 0 Å². The number of aryl methyl sites for hydroxylation is 1. The molecule has 1 fully saturated rings. The molecule has 2 rings (SSSR count). The topological polar surface area (TPSA) is 41.1 Å². The third kappa shape index (κ3) is 2.43. The molecule has 1 aromatic heterocycles. The Hall–Kier alpha value is -1.32. The number of aromatic nitrogens is 2. The van der Waals surface area contributed by atoms with Gasteiger partial charge in [-0.2, -0.15) is 4.98 Å². The quantitative estimate of drug-likeness (QED) is 0.828. The molecule has 0 spiro atoms. The van der Waals surface area contributed by atoms with E-state index in [-0.39, 0.29) is 0 Å². The summed E-state index contributed by atoms with van der Waals surface area (Å²) in [5.74, 6) is 2.52. The zero-order valence-electron chi connectivity index (χ0n) is 10.3. The summed E-state index contributed by atoms with van der Waals surface area (Å²) in [4.78, 5) is 11.3. The number of piperidine rings is 1. The second-order valence-corrected chi connectivity index (χ2v) is 4.64. The number of nitrogens with zero attached hydrogens (tertiary/aromatic N) is 3. The lowest BCUT2D eigenvalue weighted by Gasteiger charge is -2.31. The van der Waals surface area contributed by atoms with Gasteiger partial charge in [-0.05, 0) is 25.7 Å². The third-order valence-corrected chi connectivity index (χ3v) is 3.04. The van der Waals surface area contributed by atoms with E-state index in [2.05, 4.69) is 27.1 Å². The van der Waals surface area contributed by atoms with Crippen LogP contribution < -0.4 is 10.2 Å². The van der Waals surface area contributed by atoms with Gasteiger partial charge in [0.05, 0.1) is 0 Å². The molecule has 0 saturated carbocycles. The smallest absolute Gasteiger partial charge is 0.227 e. The van der Waals surface area contributed by atoms with E-state index in [1.807, 2.05) is 20.0 Å². The van der Waals surface area contributed by atoms with Crippen LogP contribution in [-0.2, 0) is 0 Å². The average Bonchev–Trinajstić information content (AvgIpc) is 2.28. The maximum atomic E-state index is 4.51. The van der Waals surface area contributed by atoms with Gasteiger partial charge in [-0.1, -0.05) is 6.92 Å². The minimum Gasteiger partial charge on any atom is -0.373 e. The second kappa shape index (κ2) is 4.68. The lowest BCUT2D eigenvalue weighted by molar-refractivity contribution is 0.442. The van der Waals surface area contributed by atoms with Crippen molar-refractivity contribution in [1.82, 2.24) is 9.97 Å². The van der Waals surface area contributed by atoms with Crippen molar-refractivity contribution in [3.63, 3.8) is 0 Å². The molecule has 1 saturated heterocycles. The van der Waals surface area contributed by atoms with Crippen molar-refractivity contribution < 1.29 is 0 Å². The van der Waals surface area contributed by atoms with Crippen LogP contribution in [0, 0.1) is 12.8 Å². The minimum atomic E-state index is 0.746. The molecule has 0 unspecified atom stereocenters. The van der Waals surface area contributed by atoms with Gasteiger partial charge < -0.3 is 10.2 Å². The normalized spacial score (nSPS) is 20.9. The summed E-state index contributed by atoms with van der Waals surface area (Å²) in [6, 6.07) is 1.97. The molecule has 0 radical (unpaired) electrons. The van der Waals surface area contributed by atoms with Gasteiger partial charge in [-0.15, -0.1) is 0 Å². The van der Waals surface area contributed by atoms with Crippen LogP contribution >= 0.6 is 0 Å². The summed E-state index contributed by atoms with van der Waals surface area (Å²) in [6.07, 6.45) is 2.56. The van der Waals surface area contributed by atoms with Crippen molar-refractivity contribution in [2.45, 2.75) is 26.7 Å². The van der Waals surface area contributed by atoms with Gasteiger partial charge in [0, 0.05) is 31.9 Å². The van der Waals surface area contributed by atoms with E-state index in [0.717, 1.165) is 36.5 Å². The zero-order valence-corrected chi connectivity index (χ0v) is 10.3. The molecule has 4 heteroatoms. The molecule has 0 bridgehead atoms. The molecular formula is C12H20N4. The van der Waals surface area contributed by atoms with Crippen LogP contribution in [0.1, 0.15) is 25.5 Å². The van der Waals surface area contributed by atoms with Crippen molar-refractivity contribution in [2.24, 2.45) is 5.92 Å². The highest BCUT2D eigenvalue weighted by Crippen LogP contribution is 2.21. The summed E-state index contributed by atoms with van der Waals surface area (Å²) in [5.41, 5.74) is 1.02. The highest BCUT2D eigenvalue weighted by molar-refractivity contribution is 5.43. The molecule has 1 aliphatic rings. The SMILES string of the molecule is CNc1cc(C)nc(N2CCC[C@H](C)C2)n1. The third-order valence-electron chi connectivity index (χ3n) is 3.04. The van der Waals surface area contributed by atoms with Gasteiger partial charge in [-0.3, -0.25) is 0 Å². The lowest BCUT2D eigenvalue weighted by atomic mass is 10.0. The molecule has 0 aromatic carbocycles. The maximum Gasteiger partial charge on any atom is 0.227 e. The molecule has 1 aliphatic heterocycles. The standard InChI is InChI=1S/C12H20N4/c1-9-5-4-6-16(8-9)12-14-10(2)7-11(13-3)15-12/h7,9H,4-6,8H2,1-3H3,(H,13,14,15)/t9-/m0/s1. The van der Waals surface area contributed by atoms with Gasteiger partial charge in [0.25, 0.3) is 0 Å².